The highest BCUT2D eigenvalue weighted by Crippen LogP contribution is 2.13. The van der Waals surface area contributed by atoms with Crippen LogP contribution in [0.2, 0.25) is 10.6 Å². The highest BCUT2D eigenvalue weighted by Gasteiger charge is 2.04. The first-order valence-electron chi connectivity index (χ1n) is 4.53. The molecule has 16 heavy (non-hydrogen) atoms. The quantitative estimate of drug-likeness (QED) is 0.914. The minimum atomic E-state index is 0.0393. The highest BCUT2D eigenvalue weighted by atomic mass is 35.5. The van der Waals surface area contributed by atoms with E-state index in [4.69, 9.17) is 23.2 Å². The smallest absolute Gasteiger partial charge is 0.234 e. The van der Waals surface area contributed by atoms with Crippen molar-refractivity contribution in [2.45, 2.75) is 13.5 Å². The number of halogens is 2. The summed E-state index contributed by atoms with van der Waals surface area (Å²) in [5.74, 6) is 0.895. The molecule has 2 aromatic rings. The van der Waals surface area contributed by atoms with Gasteiger partial charge >= 0.3 is 0 Å². The number of aryl methyl sites for hydroxylation is 1. The Morgan fingerprint density at radius 1 is 1.25 bits per heavy atom. The fourth-order valence-corrected chi connectivity index (χ4v) is 1.46. The molecule has 0 unspecified atom stereocenters. The molecule has 8 heteroatoms. The van der Waals surface area contributed by atoms with Crippen molar-refractivity contribution in [2.75, 3.05) is 5.32 Å². The third kappa shape index (κ3) is 2.59. The second kappa shape index (κ2) is 4.63. The predicted molar refractivity (Wildman–Crippen MR) is 61.0 cm³/mol. The lowest BCUT2D eigenvalue weighted by atomic mass is 10.7. The maximum atomic E-state index is 5.64. The van der Waals surface area contributed by atoms with Crippen LogP contribution in [0.5, 0.6) is 0 Å². The van der Waals surface area contributed by atoms with Crippen LogP contribution in [0.25, 0.3) is 0 Å². The average Bonchev–Trinajstić information content (AvgIpc) is 2.64. The molecule has 84 valence electrons. The molecule has 6 nitrogen and oxygen atoms in total. The number of aromatic nitrogens is 5. The summed E-state index contributed by atoms with van der Waals surface area (Å²) in [6, 6.07) is 0. The molecule has 2 rings (SSSR count). The topological polar surface area (TPSA) is 68.5 Å². The fourth-order valence-electron chi connectivity index (χ4n) is 1.09. The molecule has 0 fully saturated rings. The lowest BCUT2D eigenvalue weighted by Crippen LogP contribution is -1.99. The van der Waals surface area contributed by atoms with Gasteiger partial charge in [0.25, 0.3) is 0 Å². The largest absolute Gasteiger partial charge is 0.336 e. The molecule has 0 aromatic carbocycles. The van der Waals surface area contributed by atoms with Gasteiger partial charge in [-0.1, -0.05) is 0 Å². The molecule has 0 saturated heterocycles. The predicted octanol–water partition coefficient (Wildman–Crippen LogP) is 2.14. The number of hydrogen-bond acceptors (Lipinski definition) is 5. The minimum absolute atomic E-state index is 0.0393. The number of nitrogens with zero attached hydrogens (tertiary/aromatic N) is 5. The van der Waals surface area contributed by atoms with Crippen molar-refractivity contribution in [3.05, 3.63) is 23.1 Å². The summed E-state index contributed by atoms with van der Waals surface area (Å²) in [6.45, 7) is 2.86. The van der Waals surface area contributed by atoms with Gasteiger partial charge in [-0.25, -0.2) is 4.98 Å². The molecule has 2 aromatic heterocycles. The molecule has 0 saturated carbocycles. The Kier molecular flexibility index (Phi) is 3.21. The Morgan fingerprint density at radius 2 is 1.94 bits per heavy atom. The van der Waals surface area contributed by atoms with Crippen LogP contribution >= 0.6 is 23.2 Å². The average molecular weight is 259 g/mol. The zero-order valence-corrected chi connectivity index (χ0v) is 9.87. The van der Waals surface area contributed by atoms with Crippen molar-refractivity contribution in [3.63, 3.8) is 0 Å². The molecule has 0 spiro atoms. The van der Waals surface area contributed by atoms with Crippen molar-refractivity contribution < 1.29 is 0 Å². The summed E-state index contributed by atoms with van der Waals surface area (Å²) in [4.78, 5) is 15.5. The number of anilines is 2. The SMILES string of the molecule is CCn1cnc(Nc2nc(Cl)nc(Cl)n2)c1. The van der Waals surface area contributed by atoms with E-state index in [-0.39, 0.29) is 16.5 Å². The Bertz CT molecular complexity index is 477. The van der Waals surface area contributed by atoms with Gasteiger partial charge in [0.1, 0.15) is 0 Å². The van der Waals surface area contributed by atoms with Crippen LogP contribution in [0.3, 0.4) is 0 Å². The van der Waals surface area contributed by atoms with Gasteiger partial charge in [-0.05, 0) is 30.1 Å². The van der Waals surface area contributed by atoms with Crippen LogP contribution in [0, 0.1) is 0 Å². The lowest BCUT2D eigenvalue weighted by molar-refractivity contribution is 0.762. The number of imidazole rings is 1. The van der Waals surface area contributed by atoms with Gasteiger partial charge < -0.3 is 9.88 Å². The van der Waals surface area contributed by atoms with Gasteiger partial charge in [-0.2, -0.15) is 15.0 Å². The molecule has 0 aliphatic rings. The fraction of sp³-hybridized carbons (Fsp3) is 0.250. The Labute approximate surface area is 102 Å². The zero-order chi connectivity index (χ0) is 11.5. The van der Waals surface area contributed by atoms with E-state index in [0.29, 0.717) is 5.82 Å². The first-order valence-corrected chi connectivity index (χ1v) is 5.29. The first-order chi connectivity index (χ1) is 7.67. The molecule has 0 radical (unpaired) electrons. The molecule has 0 aliphatic carbocycles. The maximum absolute atomic E-state index is 5.64. The molecule has 0 aliphatic heterocycles. The summed E-state index contributed by atoms with van der Waals surface area (Å²) in [6.07, 6.45) is 3.53. The van der Waals surface area contributed by atoms with Crippen molar-refractivity contribution in [1.82, 2.24) is 24.5 Å². The third-order valence-corrected chi connectivity index (χ3v) is 2.16. The summed E-state index contributed by atoms with van der Waals surface area (Å²) in [5, 5.41) is 2.96. The van der Waals surface area contributed by atoms with Crippen molar-refractivity contribution >= 4 is 35.0 Å². The van der Waals surface area contributed by atoms with Crippen LogP contribution in [-0.2, 0) is 6.54 Å². The van der Waals surface area contributed by atoms with Crippen molar-refractivity contribution in [2.24, 2.45) is 0 Å². The standard InChI is InChI=1S/C8H8Cl2N6/c1-2-16-3-5(11-4-16)12-8-14-6(9)13-7(10)15-8/h3-4H,2H2,1H3,(H,12,13,14,15). The van der Waals surface area contributed by atoms with Crippen molar-refractivity contribution in [3.8, 4) is 0 Å². The molecule has 0 amide bonds. The van der Waals surface area contributed by atoms with E-state index in [1.165, 1.54) is 0 Å². The van der Waals surface area contributed by atoms with Crippen LogP contribution in [0.4, 0.5) is 11.8 Å². The molecule has 0 bridgehead atoms. The number of rotatable bonds is 3. The maximum Gasteiger partial charge on any atom is 0.234 e. The molecule has 0 atom stereocenters. The molecular weight excluding hydrogens is 251 g/mol. The van der Waals surface area contributed by atoms with Crippen LogP contribution < -0.4 is 5.32 Å². The Hall–Kier alpha value is -1.40. The van der Waals surface area contributed by atoms with Gasteiger partial charge in [0, 0.05) is 12.7 Å². The van der Waals surface area contributed by atoms with Gasteiger partial charge in [0.05, 0.1) is 6.33 Å². The van der Waals surface area contributed by atoms with Gasteiger partial charge in [0.2, 0.25) is 16.5 Å². The third-order valence-electron chi connectivity index (χ3n) is 1.82. The normalized spacial score (nSPS) is 10.4. The first kappa shape index (κ1) is 11.1. The summed E-state index contributed by atoms with van der Waals surface area (Å²) in [5.41, 5.74) is 0. The summed E-state index contributed by atoms with van der Waals surface area (Å²) < 4.78 is 1.91. The minimum Gasteiger partial charge on any atom is -0.336 e. The number of hydrogen-bond donors (Lipinski definition) is 1. The summed E-state index contributed by atoms with van der Waals surface area (Å²) >= 11 is 11.3. The lowest BCUT2D eigenvalue weighted by Gasteiger charge is -2.00. The monoisotopic (exact) mass is 258 g/mol. The highest BCUT2D eigenvalue weighted by molar-refractivity contribution is 6.31. The van der Waals surface area contributed by atoms with Gasteiger partial charge in [0.15, 0.2) is 5.82 Å². The van der Waals surface area contributed by atoms with E-state index < -0.39 is 0 Å². The van der Waals surface area contributed by atoms with E-state index in [9.17, 15) is 0 Å². The molecule has 1 N–H and O–H groups in total. The molecule has 2 heterocycles. The second-order valence-corrected chi connectivity index (χ2v) is 3.59. The van der Waals surface area contributed by atoms with E-state index >= 15 is 0 Å². The van der Waals surface area contributed by atoms with Gasteiger partial charge in [-0.3, -0.25) is 0 Å². The van der Waals surface area contributed by atoms with E-state index in [1.54, 1.807) is 6.33 Å². The van der Waals surface area contributed by atoms with Crippen LogP contribution in [0.15, 0.2) is 12.5 Å². The number of nitrogens with one attached hydrogen (secondary N) is 1. The van der Waals surface area contributed by atoms with E-state index in [0.717, 1.165) is 6.54 Å². The van der Waals surface area contributed by atoms with Gasteiger partial charge in [-0.15, -0.1) is 0 Å². The zero-order valence-electron chi connectivity index (χ0n) is 8.35. The second-order valence-electron chi connectivity index (χ2n) is 2.91. The van der Waals surface area contributed by atoms with Crippen molar-refractivity contribution in [1.29, 1.82) is 0 Å². The molecular formula is C8H8Cl2N6. The Balaban J connectivity index is 2.19. The van der Waals surface area contributed by atoms with Crippen LogP contribution in [-0.4, -0.2) is 24.5 Å². The van der Waals surface area contributed by atoms with E-state index in [2.05, 4.69) is 25.3 Å². The summed E-state index contributed by atoms with van der Waals surface area (Å²) in [7, 11) is 0. The van der Waals surface area contributed by atoms with E-state index in [1.807, 2.05) is 17.7 Å². The Morgan fingerprint density at radius 3 is 2.50 bits per heavy atom. The van der Waals surface area contributed by atoms with Crippen LogP contribution in [0.1, 0.15) is 6.92 Å².